The van der Waals surface area contributed by atoms with Crippen LogP contribution in [0.3, 0.4) is 0 Å². The van der Waals surface area contributed by atoms with Crippen molar-refractivity contribution in [1.29, 1.82) is 0 Å². The molecule has 2 nitrogen and oxygen atoms in total. The zero-order valence-electron chi connectivity index (χ0n) is 5.61. The summed E-state index contributed by atoms with van der Waals surface area (Å²) in [4.78, 5) is 7.35. The molecule has 0 bridgehead atoms. The molecule has 0 atom stereocenters. The molecule has 0 N–H and O–H groups in total. The maximum atomic E-state index is 3.67. The second kappa shape index (κ2) is 12.1. The van der Waals surface area contributed by atoms with Gasteiger partial charge in [0, 0.05) is 12.4 Å². The molecule has 9 heavy (non-hydrogen) atoms. The van der Waals surface area contributed by atoms with Gasteiger partial charge in [0.05, 0.1) is 0 Å². The Morgan fingerprint density at radius 2 is 1.33 bits per heavy atom. The van der Waals surface area contributed by atoms with Gasteiger partial charge >= 0.3 is 59.1 Å². The molecule has 5 heteroatoms. The molecule has 0 saturated heterocycles. The molecule has 0 radical (unpaired) electrons. The second-order valence-corrected chi connectivity index (χ2v) is 0.904. The van der Waals surface area contributed by atoms with Crippen molar-refractivity contribution in [1.82, 2.24) is 9.97 Å². The molecule has 0 aliphatic carbocycles. The molecular formula is C4H4N2Na2S. The molecule has 1 aromatic heterocycles. The van der Waals surface area contributed by atoms with E-state index in [1.807, 2.05) is 0 Å². The molecule has 0 amide bonds. The molecule has 1 rings (SSSR count). The van der Waals surface area contributed by atoms with E-state index >= 15 is 0 Å². The third-order valence-corrected chi connectivity index (χ3v) is 0.478. The summed E-state index contributed by atoms with van der Waals surface area (Å²) >= 11 is 0. The Morgan fingerprint density at radius 3 is 1.44 bits per heavy atom. The van der Waals surface area contributed by atoms with Crippen molar-refractivity contribution in [2.75, 3.05) is 0 Å². The van der Waals surface area contributed by atoms with Crippen LogP contribution in [-0.2, 0) is 13.5 Å². The normalized spacial score (nSPS) is 5.33. The third-order valence-electron chi connectivity index (χ3n) is 0.478. The van der Waals surface area contributed by atoms with E-state index in [1.54, 1.807) is 18.5 Å². The third kappa shape index (κ3) is 9.43. The summed E-state index contributed by atoms with van der Waals surface area (Å²) in [6.45, 7) is 0. The summed E-state index contributed by atoms with van der Waals surface area (Å²) in [6, 6.07) is 1.78. The number of hydrogen-bond acceptors (Lipinski definition) is 2. The Balaban J connectivity index is -0.000000120. The van der Waals surface area contributed by atoms with Gasteiger partial charge in [-0.05, 0) is 6.07 Å². The number of nitrogens with zero attached hydrogens (tertiary/aromatic N) is 2. The first kappa shape index (κ1) is 16.8. The van der Waals surface area contributed by atoms with Crippen molar-refractivity contribution in [3.63, 3.8) is 0 Å². The van der Waals surface area contributed by atoms with Gasteiger partial charge in [-0.15, -0.1) is 0 Å². The molecular weight excluding hydrogens is 154 g/mol. The predicted octanol–water partition coefficient (Wildman–Crippen LogP) is -5.52. The van der Waals surface area contributed by atoms with Gasteiger partial charge in [0.1, 0.15) is 6.33 Å². The van der Waals surface area contributed by atoms with Crippen LogP contribution >= 0.6 is 0 Å². The van der Waals surface area contributed by atoms with Crippen LogP contribution in [0.1, 0.15) is 0 Å². The monoisotopic (exact) mass is 158 g/mol. The average Bonchev–Trinajstić information content (AvgIpc) is 1.72. The van der Waals surface area contributed by atoms with Crippen molar-refractivity contribution in [3.05, 3.63) is 24.8 Å². The van der Waals surface area contributed by atoms with Crippen LogP contribution < -0.4 is 59.1 Å². The van der Waals surface area contributed by atoms with E-state index in [0.717, 1.165) is 0 Å². The molecule has 0 aromatic carbocycles. The molecule has 38 valence electrons. The predicted molar refractivity (Wildman–Crippen MR) is 29.4 cm³/mol. The van der Waals surface area contributed by atoms with Gasteiger partial charge in [0.25, 0.3) is 0 Å². The van der Waals surface area contributed by atoms with Crippen molar-refractivity contribution >= 4 is 13.5 Å². The van der Waals surface area contributed by atoms with Gasteiger partial charge in [-0.1, -0.05) is 0 Å². The van der Waals surface area contributed by atoms with Gasteiger partial charge in [0.15, 0.2) is 0 Å². The van der Waals surface area contributed by atoms with Gasteiger partial charge < -0.3 is 13.5 Å². The van der Waals surface area contributed by atoms with Crippen LogP contribution in [-0.4, -0.2) is 9.97 Å². The molecule has 0 aliphatic rings. The summed E-state index contributed by atoms with van der Waals surface area (Å²) in [6.07, 6.45) is 4.88. The zero-order valence-corrected chi connectivity index (χ0v) is 10.4. The van der Waals surface area contributed by atoms with Crippen LogP contribution in [0.4, 0.5) is 0 Å². The first-order valence-corrected chi connectivity index (χ1v) is 1.70. The van der Waals surface area contributed by atoms with Crippen LogP contribution in [0.25, 0.3) is 0 Å². The first-order valence-electron chi connectivity index (χ1n) is 1.70. The van der Waals surface area contributed by atoms with Crippen molar-refractivity contribution in [2.45, 2.75) is 0 Å². The van der Waals surface area contributed by atoms with Crippen LogP contribution in [0, 0.1) is 0 Å². The minimum absolute atomic E-state index is 0. The number of rotatable bonds is 0. The van der Waals surface area contributed by atoms with E-state index in [2.05, 4.69) is 9.97 Å². The number of hydrogen-bond donors (Lipinski definition) is 0. The average molecular weight is 158 g/mol. The van der Waals surface area contributed by atoms with E-state index in [4.69, 9.17) is 0 Å². The fraction of sp³-hybridized carbons (Fsp3) is 0. The minimum atomic E-state index is 0. The van der Waals surface area contributed by atoms with Gasteiger partial charge in [-0.2, -0.15) is 0 Å². The van der Waals surface area contributed by atoms with E-state index in [-0.39, 0.29) is 72.6 Å². The van der Waals surface area contributed by atoms with Crippen LogP contribution in [0.5, 0.6) is 0 Å². The molecule has 0 spiro atoms. The van der Waals surface area contributed by atoms with Crippen molar-refractivity contribution in [3.8, 4) is 0 Å². The second-order valence-electron chi connectivity index (χ2n) is 0.904. The smallest absolute Gasteiger partial charge is 1.00 e. The van der Waals surface area contributed by atoms with Gasteiger partial charge in [-0.3, -0.25) is 0 Å². The van der Waals surface area contributed by atoms with E-state index in [0.29, 0.717) is 0 Å². The Labute approximate surface area is 106 Å². The maximum Gasteiger partial charge on any atom is 1.00 e. The number of aromatic nitrogens is 2. The summed E-state index contributed by atoms with van der Waals surface area (Å²) < 4.78 is 0. The molecule has 0 fully saturated rings. The molecule has 0 unspecified atom stereocenters. The van der Waals surface area contributed by atoms with E-state index in [1.165, 1.54) is 6.33 Å². The summed E-state index contributed by atoms with van der Waals surface area (Å²) in [5, 5.41) is 0. The van der Waals surface area contributed by atoms with Crippen molar-refractivity contribution in [2.24, 2.45) is 0 Å². The summed E-state index contributed by atoms with van der Waals surface area (Å²) in [7, 11) is 0. The molecule has 1 heterocycles. The van der Waals surface area contributed by atoms with Crippen LogP contribution in [0.2, 0.25) is 0 Å². The largest absolute Gasteiger partial charge is 2.00 e. The Hall–Kier alpha value is 1.43. The standard InChI is InChI=1S/C4H4N2.2Na.S/c1-2-5-4-6-3-1;;;/h1-4H;;;/q;2*+1;-2. The fourth-order valence-electron chi connectivity index (χ4n) is 0.253. The topological polar surface area (TPSA) is 25.8 Å². The zero-order chi connectivity index (χ0) is 4.24. The maximum absolute atomic E-state index is 3.67. The molecule has 0 saturated carbocycles. The Bertz CT molecular complexity index is 88.5. The fourth-order valence-corrected chi connectivity index (χ4v) is 0.253. The summed E-state index contributed by atoms with van der Waals surface area (Å²) in [5.41, 5.74) is 0. The summed E-state index contributed by atoms with van der Waals surface area (Å²) in [5.74, 6) is 0. The van der Waals surface area contributed by atoms with Crippen LogP contribution in [0.15, 0.2) is 24.8 Å². The van der Waals surface area contributed by atoms with E-state index in [9.17, 15) is 0 Å². The minimum Gasteiger partial charge on any atom is -2.00 e. The SMILES string of the molecule is [Na+].[Na+].[S-2].c1cncnc1. The Morgan fingerprint density at radius 1 is 0.889 bits per heavy atom. The van der Waals surface area contributed by atoms with E-state index < -0.39 is 0 Å². The molecule has 1 aromatic rings. The first-order chi connectivity index (χ1) is 3.00. The quantitative estimate of drug-likeness (QED) is 0.352. The van der Waals surface area contributed by atoms with Gasteiger partial charge in [0.2, 0.25) is 0 Å². The van der Waals surface area contributed by atoms with Crippen molar-refractivity contribution < 1.29 is 59.1 Å². The Kier molecular flexibility index (Phi) is 22.7. The molecule has 0 aliphatic heterocycles. The van der Waals surface area contributed by atoms with Gasteiger partial charge in [-0.25, -0.2) is 9.97 Å².